The van der Waals surface area contributed by atoms with Gasteiger partial charge in [-0.1, -0.05) is 50.2 Å². The highest BCUT2D eigenvalue weighted by atomic mass is 19.1. The Morgan fingerprint density at radius 1 is 0.958 bits per heavy atom. The van der Waals surface area contributed by atoms with E-state index >= 15 is 0 Å². The van der Waals surface area contributed by atoms with Crippen molar-refractivity contribution >= 4 is 0 Å². The average molecular weight is 329 g/mol. The van der Waals surface area contributed by atoms with Crippen molar-refractivity contribution in [2.45, 2.75) is 39.3 Å². The van der Waals surface area contributed by atoms with Crippen LogP contribution < -0.4 is 0 Å². The van der Waals surface area contributed by atoms with Crippen LogP contribution in [-0.2, 0) is 6.54 Å². The number of benzene rings is 2. The zero-order chi connectivity index (χ0) is 17.1. The number of rotatable bonds is 4. The van der Waals surface area contributed by atoms with Gasteiger partial charge in [0.1, 0.15) is 11.6 Å². The molecule has 0 saturated carbocycles. The monoisotopic (exact) mass is 329 g/mol. The first-order valence-electron chi connectivity index (χ1n) is 8.78. The van der Waals surface area contributed by atoms with Gasteiger partial charge in [-0.2, -0.15) is 0 Å². The molecule has 1 fully saturated rings. The molecule has 1 heterocycles. The maximum absolute atomic E-state index is 14.1. The fraction of sp³-hybridized carbons (Fsp3) is 0.429. The highest BCUT2D eigenvalue weighted by Gasteiger charge is 2.31. The van der Waals surface area contributed by atoms with Crippen molar-refractivity contribution in [1.29, 1.82) is 0 Å². The zero-order valence-corrected chi connectivity index (χ0v) is 14.4. The molecule has 2 unspecified atom stereocenters. The number of hydrogen-bond acceptors (Lipinski definition) is 1. The molecule has 0 bridgehead atoms. The Morgan fingerprint density at radius 3 is 2.25 bits per heavy atom. The molecule has 2 atom stereocenters. The largest absolute Gasteiger partial charge is 0.292 e. The van der Waals surface area contributed by atoms with Crippen LogP contribution in [0.15, 0.2) is 48.5 Å². The number of piperidine rings is 1. The quantitative estimate of drug-likeness (QED) is 0.708. The fourth-order valence-corrected chi connectivity index (χ4v) is 3.73. The van der Waals surface area contributed by atoms with E-state index in [0.29, 0.717) is 18.4 Å². The third-order valence-electron chi connectivity index (χ3n) is 5.27. The van der Waals surface area contributed by atoms with Crippen molar-refractivity contribution in [2.75, 3.05) is 6.54 Å². The molecule has 3 heteroatoms. The van der Waals surface area contributed by atoms with Crippen molar-refractivity contribution in [3.63, 3.8) is 0 Å². The third-order valence-corrected chi connectivity index (χ3v) is 5.27. The van der Waals surface area contributed by atoms with Crippen LogP contribution in [0.3, 0.4) is 0 Å². The van der Waals surface area contributed by atoms with Crippen LogP contribution in [0.4, 0.5) is 8.78 Å². The first-order chi connectivity index (χ1) is 11.6. The highest BCUT2D eigenvalue weighted by molar-refractivity contribution is 5.23. The van der Waals surface area contributed by atoms with E-state index in [-0.39, 0.29) is 11.6 Å². The van der Waals surface area contributed by atoms with Crippen LogP contribution in [0.2, 0.25) is 0 Å². The lowest BCUT2D eigenvalue weighted by atomic mass is 9.83. The maximum Gasteiger partial charge on any atom is 0.130 e. The molecule has 2 aromatic rings. The molecule has 1 saturated heterocycles. The van der Waals surface area contributed by atoms with Crippen LogP contribution in [0.1, 0.15) is 43.9 Å². The predicted octanol–water partition coefficient (Wildman–Crippen LogP) is 5.57. The second kappa shape index (κ2) is 7.43. The Labute approximate surface area is 143 Å². The van der Waals surface area contributed by atoms with Crippen molar-refractivity contribution in [3.05, 3.63) is 71.3 Å². The van der Waals surface area contributed by atoms with Crippen LogP contribution >= 0.6 is 0 Å². The topological polar surface area (TPSA) is 3.24 Å². The molecular formula is C21H25F2N. The summed E-state index contributed by atoms with van der Waals surface area (Å²) in [6.07, 6.45) is 2.19. The summed E-state index contributed by atoms with van der Waals surface area (Å²) in [5, 5.41) is 0. The molecule has 128 valence electrons. The smallest absolute Gasteiger partial charge is 0.130 e. The minimum absolute atomic E-state index is 0.183. The number of likely N-dealkylation sites (tertiary alicyclic amines) is 1. The summed E-state index contributed by atoms with van der Waals surface area (Å²) in [6.45, 7) is 5.66. The SMILES string of the molecule is CC(C)C1CCC(c2ccccc2)N(Cc2c(F)cccc2F)C1. The number of hydrogen-bond donors (Lipinski definition) is 0. The lowest BCUT2D eigenvalue weighted by Crippen LogP contribution is -2.39. The van der Waals surface area contributed by atoms with Gasteiger partial charge in [-0.25, -0.2) is 8.78 Å². The van der Waals surface area contributed by atoms with Gasteiger partial charge in [-0.05, 0) is 42.4 Å². The number of halogens is 2. The van der Waals surface area contributed by atoms with E-state index in [9.17, 15) is 8.78 Å². The molecule has 0 spiro atoms. The molecule has 0 radical (unpaired) electrons. The van der Waals surface area contributed by atoms with Gasteiger partial charge in [0, 0.05) is 24.7 Å². The maximum atomic E-state index is 14.1. The molecule has 1 aliphatic heterocycles. The predicted molar refractivity (Wildman–Crippen MR) is 93.5 cm³/mol. The fourth-order valence-electron chi connectivity index (χ4n) is 3.73. The minimum atomic E-state index is -0.450. The Hall–Kier alpha value is -1.74. The molecule has 1 aliphatic rings. The standard InChI is InChI=1S/C21H25F2N/c1-15(2)17-11-12-21(16-7-4-3-5-8-16)24(13-17)14-18-19(22)9-6-10-20(18)23/h3-10,15,17,21H,11-14H2,1-2H3. The zero-order valence-electron chi connectivity index (χ0n) is 14.4. The summed E-state index contributed by atoms with van der Waals surface area (Å²) in [7, 11) is 0. The normalized spacial score (nSPS) is 22.0. The molecular weight excluding hydrogens is 304 g/mol. The van der Waals surface area contributed by atoms with Crippen molar-refractivity contribution in [1.82, 2.24) is 4.90 Å². The van der Waals surface area contributed by atoms with Crippen molar-refractivity contribution in [2.24, 2.45) is 11.8 Å². The van der Waals surface area contributed by atoms with E-state index in [1.165, 1.54) is 23.8 Å². The van der Waals surface area contributed by atoms with E-state index in [1.54, 1.807) is 0 Å². The summed E-state index contributed by atoms with van der Waals surface area (Å²) >= 11 is 0. The van der Waals surface area contributed by atoms with Gasteiger partial charge in [-0.15, -0.1) is 0 Å². The van der Waals surface area contributed by atoms with Crippen molar-refractivity contribution < 1.29 is 8.78 Å². The van der Waals surface area contributed by atoms with Crippen LogP contribution in [-0.4, -0.2) is 11.4 Å². The summed E-state index contributed by atoms with van der Waals surface area (Å²) in [5.41, 5.74) is 1.42. The average Bonchev–Trinajstić information content (AvgIpc) is 2.59. The molecule has 1 nitrogen and oxygen atoms in total. The second-order valence-electron chi connectivity index (χ2n) is 7.14. The van der Waals surface area contributed by atoms with E-state index in [1.807, 2.05) is 18.2 Å². The number of nitrogens with zero attached hydrogens (tertiary/aromatic N) is 1. The van der Waals surface area contributed by atoms with E-state index in [0.717, 1.165) is 19.4 Å². The van der Waals surface area contributed by atoms with Gasteiger partial charge in [0.15, 0.2) is 0 Å². The molecule has 24 heavy (non-hydrogen) atoms. The van der Waals surface area contributed by atoms with Crippen LogP contribution in [0, 0.1) is 23.5 Å². The van der Waals surface area contributed by atoms with E-state index in [2.05, 4.69) is 30.9 Å². The molecule has 0 amide bonds. The summed E-state index contributed by atoms with van der Waals surface area (Å²) in [4.78, 5) is 2.25. The lowest BCUT2D eigenvalue weighted by molar-refractivity contribution is 0.0778. The molecule has 0 aliphatic carbocycles. The van der Waals surface area contributed by atoms with Gasteiger partial charge < -0.3 is 0 Å². The Balaban J connectivity index is 1.89. The van der Waals surface area contributed by atoms with Gasteiger partial charge in [0.05, 0.1) is 0 Å². The van der Waals surface area contributed by atoms with E-state index < -0.39 is 11.6 Å². The van der Waals surface area contributed by atoms with Gasteiger partial charge in [0.2, 0.25) is 0 Å². The van der Waals surface area contributed by atoms with Crippen LogP contribution in [0.5, 0.6) is 0 Å². The van der Waals surface area contributed by atoms with Crippen LogP contribution in [0.25, 0.3) is 0 Å². The Kier molecular flexibility index (Phi) is 5.30. The van der Waals surface area contributed by atoms with Gasteiger partial charge in [-0.3, -0.25) is 4.90 Å². The first-order valence-corrected chi connectivity index (χ1v) is 8.78. The highest BCUT2D eigenvalue weighted by Crippen LogP contribution is 2.37. The van der Waals surface area contributed by atoms with Crippen molar-refractivity contribution in [3.8, 4) is 0 Å². The summed E-state index contributed by atoms with van der Waals surface area (Å²) in [5.74, 6) is 0.247. The minimum Gasteiger partial charge on any atom is -0.292 e. The van der Waals surface area contributed by atoms with E-state index in [4.69, 9.17) is 0 Å². The summed E-state index contributed by atoms with van der Waals surface area (Å²) < 4.78 is 28.2. The second-order valence-corrected chi connectivity index (χ2v) is 7.14. The van der Waals surface area contributed by atoms with Gasteiger partial charge in [0.25, 0.3) is 0 Å². The summed E-state index contributed by atoms with van der Waals surface area (Å²) in [6, 6.07) is 14.6. The third kappa shape index (κ3) is 3.67. The molecule has 0 N–H and O–H groups in total. The van der Waals surface area contributed by atoms with Gasteiger partial charge >= 0.3 is 0 Å². The first kappa shape index (κ1) is 17.1. The molecule has 2 aromatic carbocycles. The lowest BCUT2D eigenvalue weighted by Gasteiger charge is -2.41. The Morgan fingerprint density at radius 2 is 1.62 bits per heavy atom. The Bertz CT molecular complexity index is 649. The molecule has 3 rings (SSSR count). The molecule has 0 aromatic heterocycles.